The van der Waals surface area contributed by atoms with Crippen LogP contribution in [0, 0.1) is 5.92 Å². The van der Waals surface area contributed by atoms with Gasteiger partial charge in [-0.25, -0.2) is 0 Å². The quantitative estimate of drug-likeness (QED) is 0.769. The Morgan fingerprint density at radius 1 is 1.44 bits per heavy atom. The number of carbonyl (C=O) groups is 1. The van der Waals surface area contributed by atoms with E-state index in [9.17, 15) is 4.79 Å². The average Bonchev–Trinajstić information content (AvgIpc) is 2.46. The topological polar surface area (TPSA) is 41.6 Å². The highest BCUT2D eigenvalue weighted by Gasteiger charge is 2.38. The Labute approximate surface area is 98.3 Å². The first kappa shape index (κ1) is 13.5. The van der Waals surface area contributed by atoms with Crippen LogP contribution in [-0.4, -0.2) is 42.3 Å². The molecular weight excluding hydrogens is 204 g/mol. The molecule has 0 saturated carbocycles. The van der Waals surface area contributed by atoms with Gasteiger partial charge in [-0.1, -0.05) is 13.8 Å². The van der Waals surface area contributed by atoms with E-state index in [-0.39, 0.29) is 24.2 Å². The Kier molecular flexibility index (Phi) is 4.74. The number of hydrogen-bond donors (Lipinski definition) is 1. The van der Waals surface area contributed by atoms with Crippen molar-refractivity contribution in [3.63, 3.8) is 0 Å². The summed E-state index contributed by atoms with van der Waals surface area (Å²) in [6.45, 7) is 11.5. The molecular formula is C12H24N2O2. The van der Waals surface area contributed by atoms with Gasteiger partial charge >= 0.3 is 0 Å². The first-order valence-corrected chi connectivity index (χ1v) is 6.15. The normalized spacial score (nSPS) is 27.9. The largest absolute Gasteiger partial charge is 0.377 e. The third-order valence-electron chi connectivity index (χ3n) is 2.95. The van der Waals surface area contributed by atoms with Gasteiger partial charge in [0.2, 0.25) is 5.91 Å². The molecule has 0 bridgehead atoms. The summed E-state index contributed by atoms with van der Waals surface area (Å²) in [6, 6.07) is -0.0683. The molecule has 0 radical (unpaired) electrons. The van der Waals surface area contributed by atoms with Gasteiger partial charge in [0.1, 0.15) is 0 Å². The van der Waals surface area contributed by atoms with Gasteiger partial charge in [-0.3, -0.25) is 10.1 Å². The zero-order chi connectivity index (χ0) is 12.3. The van der Waals surface area contributed by atoms with Gasteiger partial charge in [-0.2, -0.15) is 0 Å². The molecule has 0 aromatic rings. The second-order valence-corrected chi connectivity index (χ2v) is 4.83. The molecule has 4 heteroatoms. The Balaban J connectivity index is 2.63. The van der Waals surface area contributed by atoms with E-state index in [2.05, 4.69) is 19.2 Å². The van der Waals surface area contributed by atoms with Gasteiger partial charge in [0.05, 0.1) is 18.3 Å². The van der Waals surface area contributed by atoms with Crippen molar-refractivity contribution >= 4 is 5.91 Å². The molecule has 0 aromatic carbocycles. The van der Waals surface area contributed by atoms with Crippen molar-refractivity contribution in [3.05, 3.63) is 0 Å². The van der Waals surface area contributed by atoms with Crippen LogP contribution in [0.4, 0.5) is 0 Å². The Morgan fingerprint density at radius 3 is 2.56 bits per heavy atom. The molecule has 4 nitrogen and oxygen atoms in total. The maximum atomic E-state index is 12.0. The SMILES string of the molecule is CCOC(C)CN1C(=O)C(C)NC1C(C)C. The van der Waals surface area contributed by atoms with Gasteiger partial charge in [-0.05, 0) is 26.7 Å². The molecule has 3 unspecified atom stereocenters. The van der Waals surface area contributed by atoms with Crippen LogP contribution in [0.2, 0.25) is 0 Å². The van der Waals surface area contributed by atoms with Crippen molar-refractivity contribution in [2.45, 2.75) is 52.9 Å². The van der Waals surface area contributed by atoms with E-state index in [0.717, 1.165) is 0 Å². The standard InChI is InChI=1S/C12H24N2O2/c1-6-16-9(4)7-14-11(8(2)3)13-10(5)12(14)15/h8-11,13H,6-7H2,1-5H3. The second kappa shape index (κ2) is 5.64. The Morgan fingerprint density at radius 2 is 2.06 bits per heavy atom. The first-order chi connectivity index (χ1) is 7.47. The van der Waals surface area contributed by atoms with Crippen LogP contribution in [0.25, 0.3) is 0 Å². The van der Waals surface area contributed by atoms with Crippen molar-refractivity contribution in [1.82, 2.24) is 10.2 Å². The van der Waals surface area contributed by atoms with Gasteiger partial charge in [0, 0.05) is 13.2 Å². The predicted molar refractivity (Wildman–Crippen MR) is 64.0 cm³/mol. The second-order valence-electron chi connectivity index (χ2n) is 4.83. The number of hydrogen-bond acceptors (Lipinski definition) is 3. The van der Waals surface area contributed by atoms with E-state index in [1.807, 2.05) is 25.7 Å². The van der Waals surface area contributed by atoms with Crippen LogP contribution in [-0.2, 0) is 9.53 Å². The van der Waals surface area contributed by atoms with Crippen molar-refractivity contribution < 1.29 is 9.53 Å². The molecule has 16 heavy (non-hydrogen) atoms. The van der Waals surface area contributed by atoms with Gasteiger partial charge < -0.3 is 9.64 Å². The van der Waals surface area contributed by atoms with Crippen molar-refractivity contribution in [1.29, 1.82) is 0 Å². The number of carbonyl (C=O) groups excluding carboxylic acids is 1. The van der Waals surface area contributed by atoms with Crippen molar-refractivity contribution in [2.24, 2.45) is 5.92 Å². The highest BCUT2D eigenvalue weighted by atomic mass is 16.5. The highest BCUT2D eigenvalue weighted by Crippen LogP contribution is 2.18. The van der Waals surface area contributed by atoms with Crippen LogP contribution in [0.1, 0.15) is 34.6 Å². The van der Waals surface area contributed by atoms with Crippen LogP contribution < -0.4 is 5.32 Å². The zero-order valence-corrected chi connectivity index (χ0v) is 11.0. The van der Waals surface area contributed by atoms with Crippen LogP contribution >= 0.6 is 0 Å². The van der Waals surface area contributed by atoms with Crippen molar-refractivity contribution in [2.75, 3.05) is 13.2 Å². The smallest absolute Gasteiger partial charge is 0.240 e. The molecule has 1 saturated heterocycles. The Bertz CT molecular complexity index is 243. The first-order valence-electron chi connectivity index (χ1n) is 6.15. The minimum atomic E-state index is -0.0683. The summed E-state index contributed by atoms with van der Waals surface area (Å²) in [5.74, 6) is 0.605. The summed E-state index contributed by atoms with van der Waals surface area (Å²) in [6.07, 6.45) is 0.243. The fourth-order valence-electron chi connectivity index (χ4n) is 2.17. The van der Waals surface area contributed by atoms with E-state index in [4.69, 9.17) is 4.74 Å². The van der Waals surface area contributed by atoms with E-state index in [1.54, 1.807) is 0 Å². The summed E-state index contributed by atoms with van der Waals surface area (Å²) < 4.78 is 5.49. The predicted octanol–water partition coefficient (Wildman–Crippen LogP) is 1.21. The maximum Gasteiger partial charge on any atom is 0.240 e. The minimum Gasteiger partial charge on any atom is -0.377 e. The lowest BCUT2D eigenvalue weighted by Crippen LogP contribution is -2.44. The molecule has 0 aromatic heterocycles. The molecule has 0 aliphatic carbocycles. The Hall–Kier alpha value is -0.610. The van der Waals surface area contributed by atoms with Crippen LogP contribution in [0.5, 0.6) is 0 Å². The molecule has 3 atom stereocenters. The third-order valence-corrected chi connectivity index (χ3v) is 2.95. The third kappa shape index (κ3) is 2.95. The van der Waals surface area contributed by atoms with E-state index < -0.39 is 0 Å². The fraction of sp³-hybridized carbons (Fsp3) is 0.917. The molecule has 1 amide bonds. The summed E-state index contributed by atoms with van der Waals surface area (Å²) in [4.78, 5) is 13.9. The molecule has 1 heterocycles. The minimum absolute atomic E-state index is 0.0683. The lowest BCUT2D eigenvalue weighted by molar-refractivity contribution is -0.132. The zero-order valence-electron chi connectivity index (χ0n) is 11.0. The number of rotatable bonds is 5. The molecule has 1 fully saturated rings. The average molecular weight is 228 g/mol. The summed E-state index contributed by atoms with van der Waals surface area (Å²) in [7, 11) is 0. The lowest BCUT2D eigenvalue weighted by atomic mass is 10.1. The van der Waals surface area contributed by atoms with Crippen LogP contribution in [0.15, 0.2) is 0 Å². The molecule has 1 aliphatic rings. The van der Waals surface area contributed by atoms with E-state index in [0.29, 0.717) is 19.1 Å². The molecule has 1 rings (SSSR count). The monoisotopic (exact) mass is 228 g/mol. The summed E-state index contributed by atoms with van der Waals surface area (Å²) >= 11 is 0. The maximum absolute atomic E-state index is 12.0. The summed E-state index contributed by atoms with van der Waals surface area (Å²) in [5, 5.41) is 3.32. The lowest BCUT2D eigenvalue weighted by Gasteiger charge is -2.29. The molecule has 94 valence electrons. The van der Waals surface area contributed by atoms with Gasteiger partial charge in [0.15, 0.2) is 0 Å². The fourth-order valence-corrected chi connectivity index (χ4v) is 2.17. The van der Waals surface area contributed by atoms with E-state index in [1.165, 1.54) is 0 Å². The number of nitrogens with zero attached hydrogens (tertiary/aromatic N) is 1. The molecule has 0 spiro atoms. The van der Waals surface area contributed by atoms with E-state index >= 15 is 0 Å². The number of ether oxygens (including phenoxy) is 1. The number of amides is 1. The summed E-state index contributed by atoms with van der Waals surface area (Å²) in [5.41, 5.74) is 0. The highest BCUT2D eigenvalue weighted by molar-refractivity contribution is 5.83. The van der Waals surface area contributed by atoms with Gasteiger partial charge in [0.25, 0.3) is 0 Å². The van der Waals surface area contributed by atoms with Crippen LogP contribution in [0.3, 0.4) is 0 Å². The molecule has 1 aliphatic heterocycles. The number of nitrogens with one attached hydrogen (secondary N) is 1. The van der Waals surface area contributed by atoms with Gasteiger partial charge in [-0.15, -0.1) is 0 Å². The molecule has 1 N–H and O–H groups in total. The van der Waals surface area contributed by atoms with Crippen molar-refractivity contribution in [3.8, 4) is 0 Å².